The molecule has 256 valence electrons. The van der Waals surface area contributed by atoms with Crippen molar-refractivity contribution in [2.75, 3.05) is 37.7 Å². The van der Waals surface area contributed by atoms with Gasteiger partial charge in [-0.3, -0.25) is 28.1 Å². The van der Waals surface area contributed by atoms with Crippen LogP contribution in [0.1, 0.15) is 63.7 Å². The summed E-state index contributed by atoms with van der Waals surface area (Å²) in [5.74, 6) is 5.79. The van der Waals surface area contributed by atoms with Crippen LogP contribution in [0.5, 0.6) is 5.75 Å². The van der Waals surface area contributed by atoms with Crippen LogP contribution in [-0.4, -0.2) is 85.8 Å². The number of ether oxygens (including phenoxy) is 2. The van der Waals surface area contributed by atoms with Gasteiger partial charge in [-0.1, -0.05) is 18.1 Å². The number of anilines is 1. The molecule has 2 saturated heterocycles. The largest absolute Gasteiger partial charge is 0.483 e. The van der Waals surface area contributed by atoms with E-state index in [2.05, 4.69) is 17.2 Å². The van der Waals surface area contributed by atoms with Gasteiger partial charge in [0.05, 0.1) is 18.7 Å². The predicted molar refractivity (Wildman–Crippen MR) is 179 cm³/mol. The monoisotopic (exact) mass is 661 g/mol. The van der Waals surface area contributed by atoms with Crippen molar-refractivity contribution in [3.63, 3.8) is 0 Å². The van der Waals surface area contributed by atoms with Crippen LogP contribution in [0.2, 0.25) is 0 Å². The summed E-state index contributed by atoms with van der Waals surface area (Å²) in [6, 6.07) is 6.24. The quantitative estimate of drug-likeness (QED) is 0.269. The van der Waals surface area contributed by atoms with E-state index in [1.165, 1.54) is 11.6 Å². The van der Waals surface area contributed by atoms with Gasteiger partial charge in [0.1, 0.15) is 11.4 Å². The minimum atomic E-state index is -0.704. The van der Waals surface area contributed by atoms with Gasteiger partial charge in [-0.25, -0.2) is 9.59 Å². The Labute approximate surface area is 278 Å². The molecule has 3 aromatic rings. The van der Waals surface area contributed by atoms with E-state index in [-0.39, 0.29) is 47.6 Å². The van der Waals surface area contributed by atoms with E-state index in [9.17, 15) is 24.0 Å². The van der Waals surface area contributed by atoms with E-state index in [4.69, 9.17) is 14.5 Å². The zero-order chi connectivity index (χ0) is 34.6. The highest BCUT2D eigenvalue weighted by Gasteiger charge is 2.30. The van der Waals surface area contributed by atoms with Crippen LogP contribution >= 0.6 is 0 Å². The Kier molecular flexibility index (Phi) is 10.3. The van der Waals surface area contributed by atoms with Gasteiger partial charge in [-0.15, -0.1) is 5.92 Å². The first-order valence-electron chi connectivity index (χ1n) is 16.2. The second-order valence-electron chi connectivity index (χ2n) is 13.1. The van der Waals surface area contributed by atoms with Crippen molar-refractivity contribution in [3.05, 3.63) is 50.7 Å². The molecule has 2 fully saturated rings. The maximum Gasteiger partial charge on any atom is 0.407 e. The molecule has 1 N–H and O–H groups in total. The first-order valence-corrected chi connectivity index (χ1v) is 16.2. The van der Waals surface area contributed by atoms with Crippen LogP contribution in [-0.2, 0) is 29.7 Å². The van der Waals surface area contributed by atoms with Gasteiger partial charge in [-0.05, 0) is 65.5 Å². The minimum Gasteiger partial charge on any atom is -0.483 e. The highest BCUT2D eigenvalue weighted by atomic mass is 16.6. The Hall–Kier alpha value is -5.06. The minimum absolute atomic E-state index is 0.117. The number of aryl methyl sites for hydroxylation is 1. The molecule has 1 aromatic carbocycles. The van der Waals surface area contributed by atoms with Crippen LogP contribution in [0.3, 0.4) is 0 Å². The number of piperidine rings is 1. The van der Waals surface area contributed by atoms with Gasteiger partial charge in [0.2, 0.25) is 5.95 Å². The number of rotatable bonds is 9. The normalized spacial score (nSPS) is 16.4. The number of carbonyl (C=O) groups excluding carboxylic acids is 3. The smallest absolute Gasteiger partial charge is 0.407 e. The summed E-state index contributed by atoms with van der Waals surface area (Å²) in [5.41, 5.74) is -1.58. The van der Waals surface area contributed by atoms with Crippen molar-refractivity contribution in [2.24, 2.45) is 7.05 Å². The molecule has 2 aliphatic rings. The first-order chi connectivity index (χ1) is 22.9. The standard InChI is InChI=1S/C34H43N7O7/c1-6-7-19-40-28-29(36-31(40)39-18-12-13-23(20-39)35-32(45)48-34(2,3)4)37(5)33(46)41(30(28)44)21-25(42)24-14-8-9-15-26(24)47-22-27(43)38-16-10-11-17-38/h8-9,14-15,23H,10-13,16-22H2,1-5H3,(H,35,45). The summed E-state index contributed by atoms with van der Waals surface area (Å²) in [6.45, 7) is 8.80. The second-order valence-corrected chi connectivity index (χ2v) is 13.1. The summed E-state index contributed by atoms with van der Waals surface area (Å²) >= 11 is 0. The number of nitrogens with one attached hydrogen (secondary N) is 1. The van der Waals surface area contributed by atoms with Gasteiger partial charge in [0, 0.05) is 39.3 Å². The Balaban J connectivity index is 1.45. The topological polar surface area (TPSA) is 150 Å². The fourth-order valence-corrected chi connectivity index (χ4v) is 6.05. The molecule has 1 atom stereocenters. The van der Waals surface area contributed by atoms with E-state index >= 15 is 0 Å². The molecule has 2 aliphatic heterocycles. The number of carbonyl (C=O) groups is 3. The molecule has 0 saturated carbocycles. The average Bonchev–Trinajstić information content (AvgIpc) is 3.72. The third-order valence-electron chi connectivity index (χ3n) is 8.35. The fraction of sp³-hybridized carbons (Fsp3) is 0.529. The van der Waals surface area contributed by atoms with Crippen molar-refractivity contribution in [2.45, 2.75) is 78.1 Å². The average molecular weight is 662 g/mol. The lowest BCUT2D eigenvalue weighted by molar-refractivity contribution is -0.132. The Morgan fingerprint density at radius 3 is 2.48 bits per heavy atom. The molecular formula is C34H43N7O7. The van der Waals surface area contributed by atoms with E-state index in [1.54, 1.807) is 61.4 Å². The number of amides is 2. The van der Waals surface area contributed by atoms with E-state index in [0.29, 0.717) is 32.1 Å². The molecule has 2 aromatic heterocycles. The fourth-order valence-electron chi connectivity index (χ4n) is 6.05. The highest BCUT2D eigenvalue weighted by Crippen LogP contribution is 2.24. The number of fused-ring (bicyclic) bond motifs is 1. The Bertz CT molecular complexity index is 1880. The molecule has 48 heavy (non-hydrogen) atoms. The van der Waals surface area contributed by atoms with Crippen LogP contribution in [0.25, 0.3) is 11.2 Å². The number of hydrogen-bond acceptors (Lipinski definition) is 9. The Morgan fingerprint density at radius 2 is 1.77 bits per heavy atom. The summed E-state index contributed by atoms with van der Waals surface area (Å²) < 4.78 is 15.0. The molecule has 2 amide bonds. The van der Waals surface area contributed by atoms with Crippen LogP contribution in [0.15, 0.2) is 33.9 Å². The van der Waals surface area contributed by atoms with Gasteiger partial charge in [0.25, 0.3) is 11.5 Å². The van der Waals surface area contributed by atoms with Gasteiger partial charge in [-0.2, -0.15) is 4.98 Å². The highest BCUT2D eigenvalue weighted by molar-refractivity contribution is 5.98. The number of para-hydroxylation sites is 1. The van der Waals surface area contributed by atoms with E-state index in [1.807, 2.05) is 4.90 Å². The summed E-state index contributed by atoms with van der Waals surface area (Å²) in [6.07, 6.45) is 2.86. The molecule has 0 spiro atoms. The molecule has 4 heterocycles. The molecule has 14 nitrogen and oxygen atoms in total. The molecule has 1 unspecified atom stereocenters. The number of hydrogen-bond donors (Lipinski definition) is 1. The third kappa shape index (κ3) is 7.56. The zero-order valence-corrected chi connectivity index (χ0v) is 28.2. The van der Waals surface area contributed by atoms with Crippen LogP contribution in [0, 0.1) is 11.8 Å². The molecule has 0 aliphatic carbocycles. The Morgan fingerprint density at radius 1 is 1.04 bits per heavy atom. The lowest BCUT2D eigenvalue weighted by atomic mass is 10.1. The molecule has 5 rings (SSSR count). The molecule has 0 radical (unpaired) electrons. The van der Waals surface area contributed by atoms with Gasteiger partial charge >= 0.3 is 11.8 Å². The second kappa shape index (κ2) is 14.4. The molecule has 14 heteroatoms. The zero-order valence-electron chi connectivity index (χ0n) is 28.2. The predicted octanol–water partition coefficient (Wildman–Crippen LogP) is 2.30. The third-order valence-corrected chi connectivity index (χ3v) is 8.35. The maximum atomic E-state index is 14.1. The van der Waals surface area contributed by atoms with Crippen LogP contribution in [0.4, 0.5) is 10.7 Å². The molecular weight excluding hydrogens is 618 g/mol. The lowest BCUT2D eigenvalue weighted by Crippen LogP contribution is -2.49. The number of imidazole rings is 1. The summed E-state index contributed by atoms with van der Waals surface area (Å²) in [5, 5.41) is 2.93. The summed E-state index contributed by atoms with van der Waals surface area (Å²) in [4.78, 5) is 74.7. The van der Waals surface area contributed by atoms with Gasteiger partial charge in [0.15, 0.2) is 23.6 Å². The maximum absolute atomic E-state index is 14.1. The number of alkyl carbamates (subject to hydrolysis) is 1. The van der Waals surface area contributed by atoms with Crippen LogP contribution < -0.4 is 26.2 Å². The number of Topliss-reactive ketones (excluding diaryl/α,β-unsaturated/α-hetero) is 1. The van der Waals surface area contributed by atoms with Crippen molar-refractivity contribution >= 4 is 34.9 Å². The van der Waals surface area contributed by atoms with Gasteiger partial charge < -0.3 is 24.6 Å². The number of benzene rings is 1. The lowest BCUT2D eigenvalue weighted by Gasteiger charge is -2.34. The first kappa shape index (κ1) is 34.3. The summed E-state index contributed by atoms with van der Waals surface area (Å²) in [7, 11) is 1.50. The van der Waals surface area contributed by atoms with E-state index < -0.39 is 35.3 Å². The van der Waals surface area contributed by atoms with Crippen molar-refractivity contribution in [1.29, 1.82) is 0 Å². The van der Waals surface area contributed by atoms with Crippen molar-refractivity contribution < 1.29 is 23.9 Å². The molecule has 0 bridgehead atoms. The number of ketones is 1. The number of likely N-dealkylation sites (tertiary alicyclic amines) is 1. The SMILES string of the molecule is CC#CCn1c(N2CCCC(NC(=O)OC(C)(C)C)C2)nc2c1c(=O)n(CC(=O)c1ccccc1OCC(=O)N1CCCC1)c(=O)n2C. The number of nitrogens with zero attached hydrogens (tertiary/aromatic N) is 6. The number of aromatic nitrogens is 4. The van der Waals surface area contributed by atoms with Crippen molar-refractivity contribution in [3.8, 4) is 17.6 Å². The van der Waals surface area contributed by atoms with E-state index in [0.717, 1.165) is 30.3 Å². The van der Waals surface area contributed by atoms with Crippen molar-refractivity contribution in [1.82, 2.24) is 28.9 Å².